The summed E-state index contributed by atoms with van der Waals surface area (Å²) in [5.74, 6) is 0.118. The molecule has 0 bridgehead atoms. The molecule has 4 heterocycles. The van der Waals surface area contributed by atoms with E-state index in [1.165, 1.54) is 17.8 Å². The fourth-order valence-electron chi connectivity index (χ4n) is 4.84. The molecule has 0 amide bonds. The summed E-state index contributed by atoms with van der Waals surface area (Å²) in [4.78, 5) is 26.1. The maximum absolute atomic E-state index is 13.7. The largest absolute Gasteiger partial charge is 0.408 e. The highest BCUT2D eigenvalue weighted by Gasteiger charge is 2.33. The number of aromatic nitrogens is 5. The molecule has 0 aliphatic carbocycles. The maximum Gasteiger partial charge on any atom is 0.408 e. The first-order chi connectivity index (χ1) is 18.3. The number of anilines is 2. The summed E-state index contributed by atoms with van der Waals surface area (Å²) in [6, 6.07) is 10.5. The third-order valence-corrected chi connectivity index (χ3v) is 6.98. The highest BCUT2D eigenvalue weighted by Crippen LogP contribution is 2.31. The molecule has 0 saturated carbocycles. The third kappa shape index (κ3) is 5.12. The quantitative estimate of drug-likeness (QED) is 0.336. The van der Waals surface area contributed by atoms with Gasteiger partial charge in [0.2, 0.25) is 5.95 Å². The molecule has 39 heavy (non-hydrogen) atoms. The zero-order valence-corrected chi connectivity index (χ0v) is 22.0. The Hall–Kier alpha value is -3.80. The molecule has 0 fully saturated rings. The zero-order valence-electron chi connectivity index (χ0n) is 22.0. The summed E-state index contributed by atoms with van der Waals surface area (Å²) in [5.41, 5.74) is 1.27. The topological polar surface area (TPSA) is 89.7 Å². The predicted octanol–water partition coefficient (Wildman–Crippen LogP) is 4.91. The van der Waals surface area contributed by atoms with Gasteiger partial charge in [0, 0.05) is 22.8 Å². The Bertz CT molecular complexity index is 1600. The van der Waals surface area contributed by atoms with Crippen molar-refractivity contribution in [3.8, 4) is 5.82 Å². The van der Waals surface area contributed by atoms with E-state index >= 15 is 0 Å². The van der Waals surface area contributed by atoms with Gasteiger partial charge >= 0.3 is 6.18 Å². The van der Waals surface area contributed by atoms with Crippen molar-refractivity contribution in [3.63, 3.8) is 0 Å². The van der Waals surface area contributed by atoms with Gasteiger partial charge in [-0.3, -0.25) is 9.18 Å². The molecular weight excluding hydrogens is 514 g/mol. The molecule has 0 spiro atoms. The molecule has 8 nitrogen and oxygen atoms in total. The van der Waals surface area contributed by atoms with Crippen molar-refractivity contribution in [1.82, 2.24) is 29.6 Å². The number of halogens is 4. The molecule has 1 aromatic carbocycles. The van der Waals surface area contributed by atoms with Crippen LogP contribution >= 0.6 is 0 Å². The van der Waals surface area contributed by atoms with Crippen molar-refractivity contribution in [1.29, 1.82) is 0 Å². The minimum Gasteiger partial charge on any atom is -0.324 e. The number of rotatable bonds is 6. The Morgan fingerprint density at radius 3 is 2.62 bits per heavy atom. The molecule has 3 aromatic heterocycles. The lowest BCUT2D eigenvalue weighted by atomic mass is 9.85. The number of hydrogen-bond donors (Lipinski definition) is 2. The number of benzene rings is 1. The highest BCUT2D eigenvalue weighted by molar-refractivity contribution is 5.77. The van der Waals surface area contributed by atoms with Crippen LogP contribution in [0.1, 0.15) is 44.5 Å². The monoisotopic (exact) mass is 543 g/mol. The van der Waals surface area contributed by atoms with Gasteiger partial charge in [0.15, 0.2) is 11.5 Å². The minimum absolute atomic E-state index is 0.0125. The first-order valence-electron chi connectivity index (χ1n) is 12.5. The van der Waals surface area contributed by atoms with Gasteiger partial charge in [-0.2, -0.15) is 18.2 Å². The SMILES string of the molecule is CC(C)(CF)c1cccc(-n2c3nc(Nc4ccc5c(c4)CCNC5(C)C)ncc3c(=O)n2CC(F)(F)F)n1. The van der Waals surface area contributed by atoms with Crippen molar-refractivity contribution in [2.45, 2.75) is 57.8 Å². The number of nitrogens with one attached hydrogen (secondary N) is 2. The van der Waals surface area contributed by atoms with E-state index in [2.05, 4.69) is 39.4 Å². The molecule has 2 N–H and O–H groups in total. The van der Waals surface area contributed by atoms with Crippen molar-refractivity contribution in [3.05, 3.63) is 69.8 Å². The van der Waals surface area contributed by atoms with Gasteiger partial charge in [0.25, 0.3) is 5.56 Å². The van der Waals surface area contributed by atoms with Crippen molar-refractivity contribution in [2.24, 2.45) is 0 Å². The van der Waals surface area contributed by atoms with E-state index in [-0.39, 0.29) is 28.3 Å². The lowest BCUT2D eigenvalue weighted by Gasteiger charge is -2.34. The third-order valence-electron chi connectivity index (χ3n) is 6.98. The van der Waals surface area contributed by atoms with Gasteiger partial charge < -0.3 is 10.6 Å². The number of hydrogen-bond acceptors (Lipinski definition) is 6. The molecule has 0 atom stereocenters. The molecule has 206 valence electrons. The molecule has 1 aliphatic heterocycles. The van der Waals surface area contributed by atoms with Gasteiger partial charge in [-0.15, -0.1) is 0 Å². The van der Waals surface area contributed by atoms with Gasteiger partial charge in [-0.25, -0.2) is 19.3 Å². The van der Waals surface area contributed by atoms with E-state index in [1.54, 1.807) is 26.0 Å². The van der Waals surface area contributed by atoms with E-state index in [1.807, 2.05) is 18.2 Å². The number of nitrogens with zero attached hydrogens (tertiary/aromatic N) is 5. The number of alkyl halides is 4. The number of fused-ring (bicyclic) bond motifs is 2. The van der Waals surface area contributed by atoms with Crippen molar-refractivity contribution < 1.29 is 17.6 Å². The summed E-state index contributed by atoms with van der Waals surface area (Å²) in [7, 11) is 0. The molecule has 1 aliphatic rings. The second-order valence-electron chi connectivity index (χ2n) is 10.9. The minimum atomic E-state index is -4.69. The van der Waals surface area contributed by atoms with Crippen LogP contribution in [0.5, 0.6) is 0 Å². The lowest BCUT2D eigenvalue weighted by molar-refractivity contribution is -0.144. The second kappa shape index (κ2) is 9.44. The normalized spacial score (nSPS) is 15.4. The lowest BCUT2D eigenvalue weighted by Crippen LogP contribution is -2.42. The van der Waals surface area contributed by atoms with E-state index in [0.29, 0.717) is 16.1 Å². The van der Waals surface area contributed by atoms with Crippen LogP contribution < -0.4 is 16.2 Å². The standard InChI is InChI=1S/C27H29F4N7O/c1-25(2,14-28)20-6-5-7-21(35-20)38-22-18(23(39)37(38)15-27(29,30)31)13-32-24(36-22)34-17-8-9-19-16(12-17)10-11-33-26(19,3)4/h5-9,12-13,33H,10-11,14-15H2,1-4H3,(H,32,34,36). The predicted molar refractivity (Wildman–Crippen MR) is 140 cm³/mol. The van der Waals surface area contributed by atoms with Gasteiger partial charge in [-0.1, -0.05) is 26.0 Å². The van der Waals surface area contributed by atoms with Crippen molar-refractivity contribution >= 4 is 22.7 Å². The summed E-state index contributed by atoms with van der Waals surface area (Å²) < 4.78 is 55.8. The van der Waals surface area contributed by atoms with Gasteiger partial charge in [-0.05, 0) is 62.2 Å². The van der Waals surface area contributed by atoms with E-state index in [0.717, 1.165) is 23.2 Å². The molecule has 4 aromatic rings. The average molecular weight is 544 g/mol. The van der Waals surface area contributed by atoms with E-state index in [9.17, 15) is 22.4 Å². The Balaban J connectivity index is 1.63. The Labute approximate surface area is 222 Å². The fourth-order valence-corrected chi connectivity index (χ4v) is 4.84. The van der Waals surface area contributed by atoms with Crippen LogP contribution in [0, 0.1) is 0 Å². The molecule has 0 radical (unpaired) electrons. The Morgan fingerprint density at radius 1 is 1.13 bits per heavy atom. The summed E-state index contributed by atoms with van der Waals surface area (Å²) in [6.07, 6.45) is -2.64. The van der Waals surface area contributed by atoms with E-state index in [4.69, 9.17) is 0 Å². The second-order valence-corrected chi connectivity index (χ2v) is 10.9. The Kier molecular flexibility index (Phi) is 6.48. The molecule has 0 unspecified atom stereocenters. The molecule has 0 saturated heterocycles. The smallest absolute Gasteiger partial charge is 0.324 e. The van der Waals surface area contributed by atoms with Crippen LogP contribution in [0.25, 0.3) is 16.9 Å². The van der Waals surface area contributed by atoms with Gasteiger partial charge in [0.05, 0.1) is 5.69 Å². The fraction of sp³-hybridized carbons (Fsp3) is 0.407. The van der Waals surface area contributed by atoms with E-state index < -0.39 is 30.4 Å². The van der Waals surface area contributed by atoms with Crippen LogP contribution in [0.3, 0.4) is 0 Å². The van der Waals surface area contributed by atoms with Crippen LogP contribution in [0.4, 0.5) is 29.2 Å². The van der Waals surface area contributed by atoms with Crippen LogP contribution in [0.2, 0.25) is 0 Å². The van der Waals surface area contributed by atoms with Crippen LogP contribution in [-0.4, -0.2) is 43.7 Å². The summed E-state index contributed by atoms with van der Waals surface area (Å²) in [6.45, 7) is 6.03. The first kappa shape index (κ1) is 26.8. The first-order valence-corrected chi connectivity index (χ1v) is 12.5. The zero-order chi connectivity index (χ0) is 28.2. The maximum atomic E-state index is 13.7. The highest BCUT2D eigenvalue weighted by atomic mass is 19.4. The molecule has 12 heteroatoms. The van der Waals surface area contributed by atoms with Crippen LogP contribution in [0.15, 0.2) is 47.4 Å². The number of pyridine rings is 1. The Morgan fingerprint density at radius 2 is 1.90 bits per heavy atom. The average Bonchev–Trinajstić information content (AvgIpc) is 3.13. The van der Waals surface area contributed by atoms with Crippen molar-refractivity contribution in [2.75, 3.05) is 18.5 Å². The van der Waals surface area contributed by atoms with Gasteiger partial charge in [0.1, 0.15) is 18.6 Å². The van der Waals surface area contributed by atoms with Crippen LogP contribution in [-0.2, 0) is 23.9 Å². The molecular formula is C27H29F4N7O. The molecule has 5 rings (SSSR count). The summed E-state index contributed by atoms with van der Waals surface area (Å²) in [5, 5.41) is 6.50. The summed E-state index contributed by atoms with van der Waals surface area (Å²) >= 11 is 0.